The molecule has 130 valence electrons. The number of benzene rings is 1. The Labute approximate surface area is 150 Å². The van der Waals surface area contributed by atoms with Crippen LogP contribution in [0.15, 0.2) is 34.6 Å². The first-order valence-electron chi connectivity index (χ1n) is 7.45. The minimum Gasteiger partial charge on any atom is -0.370 e. The molecule has 0 fully saturated rings. The van der Waals surface area contributed by atoms with E-state index in [9.17, 15) is 9.59 Å². The number of hydrogen-bond donors (Lipinski definition) is 3. The van der Waals surface area contributed by atoms with Gasteiger partial charge in [-0.15, -0.1) is 11.3 Å². The zero-order valence-electron chi connectivity index (χ0n) is 13.2. The molecule has 3 aromatic rings. The molecular weight excluding hydrogens is 356 g/mol. The summed E-state index contributed by atoms with van der Waals surface area (Å²) in [7, 11) is 0. The summed E-state index contributed by atoms with van der Waals surface area (Å²) in [5.41, 5.74) is 11.9. The number of aliphatic imine (C=N–C) groups is 1. The van der Waals surface area contributed by atoms with Crippen molar-refractivity contribution in [3.63, 3.8) is 0 Å². The van der Waals surface area contributed by atoms with Gasteiger partial charge in [-0.2, -0.15) is 10.1 Å². The molecule has 0 radical (unpaired) electrons. The molecular formula is C15H12N8O2S. The summed E-state index contributed by atoms with van der Waals surface area (Å²) in [5.74, 6) is -0.109. The van der Waals surface area contributed by atoms with Gasteiger partial charge < -0.3 is 11.5 Å². The zero-order valence-corrected chi connectivity index (χ0v) is 14.0. The second kappa shape index (κ2) is 6.04. The number of imide groups is 1. The van der Waals surface area contributed by atoms with Crippen molar-refractivity contribution in [2.45, 2.75) is 6.54 Å². The number of amides is 2. The second-order valence-corrected chi connectivity index (χ2v) is 6.24. The van der Waals surface area contributed by atoms with Crippen molar-refractivity contribution in [2.24, 2.45) is 16.5 Å². The summed E-state index contributed by atoms with van der Waals surface area (Å²) >= 11 is 1.24. The highest BCUT2D eigenvalue weighted by atomic mass is 32.1. The Morgan fingerprint density at radius 1 is 1.15 bits per heavy atom. The Morgan fingerprint density at radius 3 is 2.50 bits per heavy atom. The van der Waals surface area contributed by atoms with Gasteiger partial charge in [0.15, 0.2) is 5.96 Å². The number of nitrogens with zero attached hydrogens (tertiary/aromatic N) is 5. The topological polar surface area (TPSA) is 156 Å². The molecule has 1 aliphatic rings. The van der Waals surface area contributed by atoms with E-state index < -0.39 is 0 Å². The number of nitrogens with one attached hydrogen (secondary N) is 1. The first-order valence-corrected chi connectivity index (χ1v) is 8.33. The monoisotopic (exact) mass is 368 g/mol. The van der Waals surface area contributed by atoms with E-state index in [1.165, 1.54) is 11.3 Å². The third-order valence-corrected chi connectivity index (χ3v) is 4.40. The van der Waals surface area contributed by atoms with Crippen LogP contribution >= 0.6 is 11.3 Å². The number of aromatic amines is 1. The number of H-pyrrole nitrogens is 1. The van der Waals surface area contributed by atoms with Crippen molar-refractivity contribution >= 4 is 34.2 Å². The van der Waals surface area contributed by atoms with Gasteiger partial charge in [0, 0.05) is 5.38 Å². The molecule has 4 rings (SSSR count). The Kier molecular flexibility index (Phi) is 3.69. The summed E-state index contributed by atoms with van der Waals surface area (Å²) in [5, 5.41) is 8.88. The largest absolute Gasteiger partial charge is 0.370 e. The third kappa shape index (κ3) is 2.69. The molecule has 11 heteroatoms. The van der Waals surface area contributed by atoms with Gasteiger partial charge in [-0.3, -0.25) is 19.6 Å². The average Bonchev–Trinajstić information content (AvgIpc) is 3.31. The number of nitrogens with two attached hydrogens (primary N) is 2. The number of hydrogen-bond acceptors (Lipinski definition) is 7. The van der Waals surface area contributed by atoms with Crippen LogP contribution in [-0.4, -0.2) is 42.8 Å². The first-order chi connectivity index (χ1) is 12.5. The number of thiazole rings is 1. The Bertz CT molecular complexity index is 1010. The number of fused-ring (bicyclic) bond motifs is 1. The van der Waals surface area contributed by atoms with Gasteiger partial charge >= 0.3 is 0 Å². The van der Waals surface area contributed by atoms with E-state index in [-0.39, 0.29) is 24.3 Å². The predicted octanol–water partition coefficient (Wildman–Crippen LogP) is 0.629. The van der Waals surface area contributed by atoms with Gasteiger partial charge in [0.25, 0.3) is 11.8 Å². The van der Waals surface area contributed by atoms with E-state index in [4.69, 9.17) is 11.5 Å². The summed E-state index contributed by atoms with van der Waals surface area (Å²) in [4.78, 5) is 38.3. The third-order valence-electron chi connectivity index (χ3n) is 3.66. The molecule has 3 heterocycles. The Hall–Kier alpha value is -3.60. The van der Waals surface area contributed by atoms with Gasteiger partial charge in [-0.1, -0.05) is 12.1 Å². The quantitative estimate of drug-likeness (QED) is 0.346. The summed E-state index contributed by atoms with van der Waals surface area (Å²) in [6.07, 6.45) is 0. The van der Waals surface area contributed by atoms with Crippen molar-refractivity contribution in [1.82, 2.24) is 25.1 Å². The standard InChI is InChI=1S/C15H12N8O2S/c16-14(17)20-15-18-9(6-26-15)11-19-10(21-22-11)5-23-12(24)7-3-1-2-4-8(7)13(23)25/h1-4,6H,5H2,(H,19,21,22)(H4,16,17,18,20). The Morgan fingerprint density at radius 2 is 1.85 bits per heavy atom. The molecule has 0 bridgehead atoms. The molecule has 5 N–H and O–H groups in total. The van der Waals surface area contributed by atoms with Crippen LogP contribution in [0, 0.1) is 0 Å². The van der Waals surface area contributed by atoms with Crippen LogP contribution < -0.4 is 11.5 Å². The molecule has 0 saturated carbocycles. The lowest BCUT2D eigenvalue weighted by atomic mass is 10.1. The SMILES string of the molecule is NC(N)=Nc1nc(-c2n[nH]c(CN3C(=O)c4ccccc4C3=O)n2)cs1. The molecule has 10 nitrogen and oxygen atoms in total. The van der Waals surface area contributed by atoms with Crippen molar-refractivity contribution in [2.75, 3.05) is 0 Å². The highest BCUT2D eigenvalue weighted by Crippen LogP contribution is 2.26. The molecule has 2 amide bonds. The van der Waals surface area contributed by atoms with Crippen LogP contribution in [0.4, 0.5) is 5.13 Å². The Balaban J connectivity index is 1.55. The summed E-state index contributed by atoms with van der Waals surface area (Å²) < 4.78 is 0. The smallest absolute Gasteiger partial charge is 0.261 e. The van der Waals surface area contributed by atoms with Crippen molar-refractivity contribution in [1.29, 1.82) is 0 Å². The molecule has 1 aromatic carbocycles. The van der Waals surface area contributed by atoms with E-state index in [1.807, 2.05) is 0 Å². The van der Waals surface area contributed by atoms with Crippen molar-refractivity contribution in [3.8, 4) is 11.5 Å². The predicted molar refractivity (Wildman–Crippen MR) is 93.6 cm³/mol. The van der Waals surface area contributed by atoms with Gasteiger partial charge in [0.2, 0.25) is 11.0 Å². The number of carbonyl (C=O) groups excluding carboxylic acids is 2. The molecule has 0 atom stereocenters. The van der Waals surface area contributed by atoms with Crippen LogP contribution in [0.2, 0.25) is 0 Å². The summed E-state index contributed by atoms with van der Waals surface area (Å²) in [6, 6.07) is 6.69. The average molecular weight is 368 g/mol. The van der Waals surface area contributed by atoms with Crippen molar-refractivity contribution < 1.29 is 9.59 Å². The van der Waals surface area contributed by atoms with E-state index in [1.54, 1.807) is 29.6 Å². The van der Waals surface area contributed by atoms with Crippen LogP contribution in [0.1, 0.15) is 26.5 Å². The van der Waals surface area contributed by atoms with E-state index in [2.05, 4.69) is 25.2 Å². The number of carbonyl (C=O) groups is 2. The molecule has 2 aromatic heterocycles. The maximum absolute atomic E-state index is 12.4. The molecule has 0 aliphatic carbocycles. The number of aromatic nitrogens is 4. The highest BCUT2D eigenvalue weighted by Gasteiger charge is 2.35. The maximum atomic E-state index is 12.4. The van der Waals surface area contributed by atoms with Crippen LogP contribution in [0.5, 0.6) is 0 Å². The minimum atomic E-state index is -0.354. The minimum absolute atomic E-state index is 0.00968. The first kappa shape index (κ1) is 15.9. The van der Waals surface area contributed by atoms with Crippen LogP contribution in [0.3, 0.4) is 0 Å². The van der Waals surface area contributed by atoms with Crippen molar-refractivity contribution in [3.05, 3.63) is 46.6 Å². The van der Waals surface area contributed by atoms with E-state index in [0.717, 1.165) is 4.90 Å². The van der Waals surface area contributed by atoms with Gasteiger partial charge in [0.1, 0.15) is 11.5 Å². The van der Waals surface area contributed by atoms with Gasteiger partial charge in [-0.25, -0.2) is 9.97 Å². The highest BCUT2D eigenvalue weighted by molar-refractivity contribution is 7.13. The molecule has 26 heavy (non-hydrogen) atoms. The van der Waals surface area contributed by atoms with Crippen LogP contribution in [-0.2, 0) is 6.54 Å². The summed E-state index contributed by atoms with van der Waals surface area (Å²) in [6.45, 7) is -0.00968. The lowest BCUT2D eigenvalue weighted by Gasteiger charge is -2.10. The number of rotatable bonds is 4. The normalized spacial score (nSPS) is 13.2. The molecule has 0 spiro atoms. The fraction of sp³-hybridized carbons (Fsp3) is 0.0667. The molecule has 0 saturated heterocycles. The lowest BCUT2D eigenvalue weighted by molar-refractivity contribution is 0.0638. The number of guanidine groups is 1. The van der Waals surface area contributed by atoms with Crippen LogP contribution in [0.25, 0.3) is 11.5 Å². The fourth-order valence-corrected chi connectivity index (χ4v) is 3.23. The molecule has 1 aliphatic heterocycles. The maximum Gasteiger partial charge on any atom is 0.261 e. The van der Waals surface area contributed by atoms with Gasteiger partial charge in [-0.05, 0) is 12.1 Å². The van der Waals surface area contributed by atoms with Gasteiger partial charge in [0.05, 0.1) is 17.7 Å². The fourth-order valence-electron chi connectivity index (χ4n) is 2.54. The lowest BCUT2D eigenvalue weighted by Crippen LogP contribution is -2.29. The molecule has 0 unspecified atom stereocenters. The zero-order chi connectivity index (χ0) is 18.3. The van der Waals surface area contributed by atoms with E-state index >= 15 is 0 Å². The second-order valence-electron chi connectivity index (χ2n) is 5.40. The van der Waals surface area contributed by atoms with E-state index in [0.29, 0.717) is 33.6 Å².